The third-order valence-corrected chi connectivity index (χ3v) is 4.30. The predicted molar refractivity (Wildman–Crippen MR) is 84.3 cm³/mol. The number of aryl methyl sites for hydroxylation is 1. The van der Waals surface area contributed by atoms with E-state index in [2.05, 4.69) is 25.1 Å². The average molecular weight is 280 g/mol. The Morgan fingerprint density at radius 1 is 1.05 bits per heavy atom. The first-order valence-electron chi connectivity index (χ1n) is 7.54. The van der Waals surface area contributed by atoms with Gasteiger partial charge in [0.15, 0.2) is 11.4 Å². The molecule has 2 heteroatoms. The number of ketones is 1. The Morgan fingerprint density at radius 2 is 1.76 bits per heavy atom. The number of hydrogen-bond acceptors (Lipinski definition) is 2. The number of fused-ring (bicyclic) bond motifs is 3. The van der Waals surface area contributed by atoms with Gasteiger partial charge in [-0.05, 0) is 30.5 Å². The first kappa shape index (κ1) is 14.0. The maximum Gasteiger partial charge on any atom is 0.177 e. The second kappa shape index (κ2) is 5.12. The molecule has 0 heterocycles. The van der Waals surface area contributed by atoms with Crippen LogP contribution in [0.3, 0.4) is 0 Å². The molecule has 1 atom stereocenters. The summed E-state index contributed by atoms with van der Waals surface area (Å²) in [5.74, 6) is 0.129. The molecule has 108 valence electrons. The second-order valence-electron chi connectivity index (χ2n) is 5.43. The van der Waals surface area contributed by atoms with Gasteiger partial charge in [0.05, 0.1) is 0 Å². The molecule has 0 bridgehead atoms. The van der Waals surface area contributed by atoms with E-state index in [-0.39, 0.29) is 5.78 Å². The summed E-state index contributed by atoms with van der Waals surface area (Å²) in [6, 6.07) is 14.3. The maximum atomic E-state index is 12.9. The number of Topliss-reactive ketones (excluding diaryl/α,β-unsaturated/α-hetero) is 1. The molecule has 0 N–H and O–H groups in total. The van der Waals surface area contributed by atoms with Crippen LogP contribution in [-0.2, 0) is 15.1 Å². The van der Waals surface area contributed by atoms with E-state index in [4.69, 9.17) is 4.74 Å². The highest BCUT2D eigenvalue weighted by Crippen LogP contribution is 2.51. The number of carbonyl (C=O) groups is 1. The van der Waals surface area contributed by atoms with Crippen molar-refractivity contribution in [3.8, 4) is 11.1 Å². The molecule has 0 aromatic heterocycles. The van der Waals surface area contributed by atoms with Crippen LogP contribution in [-0.4, -0.2) is 12.4 Å². The van der Waals surface area contributed by atoms with Crippen molar-refractivity contribution in [1.82, 2.24) is 0 Å². The fraction of sp³-hybridized carbons (Fsp3) is 0.316. The monoisotopic (exact) mass is 280 g/mol. The van der Waals surface area contributed by atoms with E-state index >= 15 is 0 Å². The predicted octanol–water partition coefficient (Wildman–Crippen LogP) is 4.23. The Balaban J connectivity index is 2.41. The van der Waals surface area contributed by atoms with E-state index in [1.54, 1.807) is 0 Å². The van der Waals surface area contributed by atoms with Gasteiger partial charge in [0.25, 0.3) is 0 Å². The fourth-order valence-electron chi connectivity index (χ4n) is 3.50. The van der Waals surface area contributed by atoms with Gasteiger partial charge >= 0.3 is 0 Å². The zero-order chi connectivity index (χ0) is 15.0. The van der Waals surface area contributed by atoms with Crippen LogP contribution in [0, 0.1) is 6.92 Å². The van der Waals surface area contributed by atoms with E-state index in [0.29, 0.717) is 13.0 Å². The van der Waals surface area contributed by atoms with Gasteiger partial charge < -0.3 is 4.74 Å². The lowest BCUT2D eigenvalue weighted by atomic mass is 9.83. The third-order valence-electron chi connectivity index (χ3n) is 4.30. The quantitative estimate of drug-likeness (QED) is 0.837. The number of carbonyl (C=O) groups excluding carboxylic acids is 1. The molecule has 0 radical (unpaired) electrons. The van der Waals surface area contributed by atoms with Crippen LogP contribution in [0.15, 0.2) is 42.5 Å². The van der Waals surface area contributed by atoms with Crippen molar-refractivity contribution in [2.24, 2.45) is 0 Å². The molecular weight excluding hydrogens is 260 g/mol. The maximum absolute atomic E-state index is 12.9. The van der Waals surface area contributed by atoms with Crippen LogP contribution in [0.2, 0.25) is 0 Å². The molecule has 21 heavy (non-hydrogen) atoms. The van der Waals surface area contributed by atoms with Gasteiger partial charge in [0.1, 0.15) is 0 Å². The Kier molecular flexibility index (Phi) is 3.42. The first-order valence-corrected chi connectivity index (χ1v) is 7.54. The molecule has 0 fully saturated rings. The van der Waals surface area contributed by atoms with Crippen molar-refractivity contribution in [2.75, 3.05) is 6.61 Å². The Labute approximate surface area is 125 Å². The van der Waals surface area contributed by atoms with Gasteiger partial charge in [-0.25, -0.2) is 0 Å². The average Bonchev–Trinajstić information content (AvgIpc) is 2.80. The largest absolute Gasteiger partial charge is 0.358 e. The summed E-state index contributed by atoms with van der Waals surface area (Å²) in [4.78, 5) is 12.9. The highest BCUT2D eigenvalue weighted by molar-refractivity contribution is 6.00. The lowest BCUT2D eigenvalue weighted by Crippen LogP contribution is -2.38. The summed E-state index contributed by atoms with van der Waals surface area (Å²) < 4.78 is 6.13. The molecule has 0 aliphatic heterocycles. The summed E-state index contributed by atoms with van der Waals surface area (Å²) >= 11 is 0. The Hall–Kier alpha value is -1.93. The molecule has 0 amide bonds. The highest BCUT2D eigenvalue weighted by Gasteiger charge is 2.49. The molecule has 3 rings (SSSR count). The Bertz CT molecular complexity index is 702. The van der Waals surface area contributed by atoms with Crippen molar-refractivity contribution in [3.05, 3.63) is 59.2 Å². The van der Waals surface area contributed by atoms with E-state index in [1.165, 1.54) is 0 Å². The molecule has 1 unspecified atom stereocenters. The molecular formula is C19H20O2. The van der Waals surface area contributed by atoms with Crippen molar-refractivity contribution in [3.63, 3.8) is 0 Å². The van der Waals surface area contributed by atoms with Gasteiger partial charge in [-0.2, -0.15) is 0 Å². The standard InChI is InChI=1S/C19H20O2/c1-4-17(20)19(21-5-2)16-12-7-6-10-14(16)15-11-8-9-13(3)18(15)19/h6-12H,4-5H2,1-3H3. The van der Waals surface area contributed by atoms with Crippen molar-refractivity contribution in [2.45, 2.75) is 32.8 Å². The third kappa shape index (κ3) is 1.79. The molecule has 0 saturated heterocycles. The fourth-order valence-corrected chi connectivity index (χ4v) is 3.50. The number of benzene rings is 2. The van der Waals surface area contributed by atoms with Crippen molar-refractivity contribution in [1.29, 1.82) is 0 Å². The molecule has 1 aliphatic carbocycles. The molecule has 2 nitrogen and oxygen atoms in total. The van der Waals surface area contributed by atoms with Gasteiger partial charge in [-0.15, -0.1) is 0 Å². The zero-order valence-corrected chi connectivity index (χ0v) is 12.8. The van der Waals surface area contributed by atoms with E-state index < -0.39 is 5.60 Å². The second-order valence-corrected chi connectivity index (χ2v) is 5.43. The van der Waals surface area contributed by atoms with Crippen LogP contribution >= 0.6 is 0 Å². The smallest absolute Gasteiger partial charge is 0.177 e. The molecule has 0 spiro atoms. The minimum Gasteiger partial charge on any atom is -0.358 e. The van der Waals surface area contributed by atoms with Crippen LogP contribution in [0.5, 0.6) is 0 Å². The topological polar surface area (TPSA) is 26.3 Å². The highest BCUT2D eigenvalue weighted by atomic mass is 16.5. The summed E-state index contributed by atoms with van der Waals surface area (Å²) in [6.45, 7) is 6.42. The summed E-state index contributed by atoms with van der Waals surface area (Å²) in [5.41, 5.74) is 4.44. The van der Waals surface area contributed by atoms with Gasteiger partial charge in [0.2, 0.25) is 0 Å². The Morgan fingerprint density at radius 3 is 2.48 bits per heavy atom. The normalized spacial score (nSPS) is 19.2. The van der Waals surface area contributed by atoms with E-state index in [0.717, 1.165) is 27.8 Å². The summed E-state index contributed by atoms with van der Waals surface area (Å²) in [7, 11) is 0. The minimum atomic E-state index is -0.930. The van der Waals surface area contributed by atoms with Gasteiger partial charge in [0, 0.05) is 24.2 Å². The number of ether oxygens (including phenoxy) is 1. The lowest BCUT2D eigenvalue weighted by Gasteiger charge is -2.31. The van der Waals surface area contributed by atoms with Gasteiger partial charge in [-0.1, -0.05) is 49.4 Å². The lowest BCUT2D eigenvalue weighted by molar-refractivity contribution is -0.139. The van der Waals surface area contributed by atoms with Crippen LogP contribution in [0.1, 0.15) is 37.0 Å². The van der Waals surface area contributed by atoms with E-state index in [9.17, 15) is 4.79 Å². The number of rotatable bonds is 4. The molecule has 2 aromatic carbocycles. The SMILES string of the molecule is CCOC1(C(=O)CC)c2ccccc2-c2cccc(C)c21. The van der Waals surface area contributed by atoms with Crippen LogP contribution < -0.4 is 0 Å². The van der Waals surface area contributed by atoms with Crippen LogP contribution in [0.25, 0.3) is 11.1 Å². The van der Waals surface area contributed by atoms with Crippen molar-refractivity contribution < 1.29 is 9.53 Å². The van der Waals surface area contributed by atoms with Gasteiger partial charge in [-0.3, -0.25) is 4.79 Å². The van der Waals surface area contributed by atoms with E-state index in [1.807, 2.05) is 38.1 Å². The molecule has 0 saturated carbocycles. The minimum absolute atomic E-state index is 0.129. The zero-order valence-electron chi connectivity index (χ0n) is 12.8. The first-order chi connectivity index (χ1) is 10.2. The van der Waals surface area contributed by atoms with Crippen LogP contribution in [0.4, 0.5) is 0 Å². The molecule has 2 aromatic rings. The number of hydrogen-bond donors (Lipinski definition) is 0. The van der Waals surface area contributed by atoms with Crippen molar-refractivity contribution >= 4 is 5.78 Å². The molecule has 1 aliphatic rings. The summed E-state index contributed by atoms with van der Waals surface area (Å²) in [6.07, 6.45) is 0.460. The summed E-state index contributed by atoms with van der Waals surface area (Å²) in [5, 5.41) is 0.